The molecule has 1 N–H and O–H groups in total. The number of aromatic nitrogens is 1. The summed E-state index contributed by atoms with van der Waals surface area (Å²) in [6.07, 6.45) is 1.10. The molecular weight excluding hydrogens is 256 g/mol. The van der Waals surface area contributed by atoms with Crippen LogP contribution in [-0.4, -0.2) is 18.6 Å². The molecule has 0 aliphatic heterocycles. The highest BCUT2D eigenvalue weighted by Crippen LogP contribution is 2.37. The molecule has 98 valence electrons. The molecule has 3 aromatic rings. The maximum Gasteiger partial charge on any atom is 0.183 e. The summed E-state index contributed by atoms with van der Waals surface area (Å²) in [5.74, 6) is 0.911. The normalized spacial score (nSPS) is 11.1. The molecule has 0 saturated heterocycles. The molecule has 0 fully saturated rings. The molecule has 2 aromatic carbocycles. The molecule has 0 aliphatic carbocycles. The fourth-order valence-corrected chi connectivity index (χ4v) is 3.14. The van der Waals surface area contributed by atoms with Gasteiger partial charge in [0.1, 0.15) is 5.75 Å². The number of benzene rings is 2. The van der Waals surface area contributed by atoms with Crippen LogP contribution in [0, 0.1) is 0 Å². The van der Waals surface area contributed by atoms with Crippen LogP contribution in [0.1, 0.15) is 13.3 Å². The van der Waals surface area contributed by atoms with Crippen LogP contribution < -0.4 is 10.1 Å². The number of thiazole rings is 1. The Kier molecular flexibility index (Phi) is 3.25. The van der Waals surface area contributed by atoms with Crippen LogP contribution in [0.4, 0.5) is 5.13 Å². The van der Waals surface area contributed by atoms with Gasteiger partial charge in [0.2, 0.25) is 0 Å². The van der Waals surface area contributed by atoms with Gasteiger partial charge in [-0.05, 0) is 6.42 Å². The summed E-state index contributed by atoms with van der Waals surface area (Å²) < 4.78 is 6.65. The van der Waals surface area contributed by atoms with E-state index in [1.54, 1.807) is 18.4 Å². The minimum atomic E-state index is 0.911. The van der Waals surface area contributed by atoms with Gasteiger partial charge < -0.3 is 10.1 Å². The Bertz CT molecular complexity index is 721. The number of anilines is 1. The van der Waals surface area contributed by atoms with Gasteiger partial charge >= 0.3 is 0 Å². The molecule has 0 bridgehead atoms. The second-order valence-electron chi connectivity index (χ2n) is 4.42. The zero-order valence-electron chi connectivity index (χ0n) is 11.1. The Balaban J connectivity index is 2.23. The van der Waals surface area contributed by atoms with Gasteiger partial charge in [0.15, 0.2) is 5.13 Å². The summed E-state index contributed by atoms with van der Waals surface area (Å²) in [4.78, 5) is 4.71. The average molecular weight is 272 g/mol. The molecule has 0 radical (unpaired) electrons. The monoisotopic (exact) mass is 272 g/mol. The molecule has 1 aromatic heterocycles. The van der Waals surface area contributed by atoms with Crippen molar-refractivity contribution >= 4 is 37.5 Å². The highest BCUT2D eigenvalue weighted by atomic mass is 32.1. The number of nitrogens with zero attached hydrogens (tertiary/aromatic N) is 1. The van der Waals surface area contributed by atoms with Gasteiger partial charge in [0.05, 0.1) is 17.3 Å². The largest absolute Gasteiger partial charge is 0.496 e. The quantitative estimate of drug-likeness (QED) is 0.769. The standard InChI is InChI=1S/C15H16N2OS/c1-3-8-16-15-17-14-11-7-5-4-6-10(11)12(18-2)9-13(14)19-15/h4-7,9H,3,8H2,1-2H3,(H,16,17). The second-order valence-corrected chi connectivity index (χ2v) is 5.45. The van der Waals surface area contributed by atoms with Gasteiger partial charge in [-0.2, -0.15) is 0 Å². The predicted molar refractivity (Wildman–Crippen MR) is 82.5 cm³/mol. The lowest BCUT2D eigenvalue weighted by Gasteiger charge is -2.05. The van der Waals surface area contributed by atoms with Crippen molar-refractivity contribution in [3.05, 3.63) is 30.3 Å². The fourth-order valence-electron chi connectivity index (χ4n) is 2.20. The third kappa shape index (κ3) is 2.12. The van der Waals surface area contributed by atoms with Gasteiger partial charge in [-0.25, -0.2) is 4.98 Å². The second kappa shape index (κ2) is 5.05. The van der Waals surface area contributed by atoms with Crippen molar-refractivity contribution in [3.63, 3.8) is 0 Å². The number of rotatable bonds is 4. The first-order valence-corrected chi connectivity index (χ1v) is 7.25. The van der Waals surface area contributed by atoms with E-state index in [-0.39, 0.29) is 0 Å². The number of nitrogens with one attached hydrogen (secondary N) is 1. The van der Waals surface area contributed by atoms with Crippen LogP contribution in [0.15, 0.2) is 30.3 Å². The van der Waals surface area contributed by atoms with E-state index in [1.807, 2.05) is 12.1 Å². The third-order valence-electron chi connectivity index (χ3n) is 3.11. The van der Waals surface area contributed by atoms with Crippen molar-refractivity contribution in [1.29, 1.82) is 0 Å². The first-order chi connectivity index (χ1) is 9.33. The summed E-state index contributed by atoms with van der Waals surface area (Å²) in [5.41, 5.74) is 1.06. The first kappa shape index (κ1) is 12.2. The zero-order valence-corrected chi connectivity index (χ0v) is 11.9. The SMILES string of the molecule is CCCNc1nc2c(cc(OC)c3ccccc32)s1. The lowest BCUT2D eigenvalue weighted by Crippen LogP contribution is -1.98. The molecule has 4 heteroatoms. The number of hydrogen-bond acceptors (Lipinski definition) is 4. The lowest BCUT2D eigenvalue weighted by atomic mass is 10.1. The van der Waals surface area contributed by atoms with Crippen LogP contribution >= 0.6 is 11.3 Å². The van der Waals surface area contributed by atoms with Crippen molar-refractivity contribution in [2.24, 2.45) is 0 Å². The number of methoxy groups -OCH3 is 1. The summed E-state index contributed by atoms with van der Waals surface area (Å²) in [5, 5.41) is 6.60. The van der Waals surface area contributed by atoms with Crippen molar-refractivity contribution in [3.8, 4) is 5.75 Å². The Morgan fingerprint density at radius 1 is 1.26 bits per heavy atom. The number of hydrogen-bond donors (Lipinski definition) is 1. The molecule has 3 nitrogen and oxygen atoms in total. The Morgan fingerprint density at radius 3 is 2.79 bits per heavy atom. The summed E-state index contributed by atoms with van der Waals surface area (Å²) in [7, 11) is 1.71. The molecular formula is C15H16N2OS. The Labute approximate surface area is 116 Å². The van der Waals surface area contributed by atoms with Crippen LogP contribution in [0.25, 0.3) is 21.0 Å². The van der Waals surface area contributed by atoms with Gasteiger partial charge in [-0.3, -0.25) is 0 Å². The van der Waals surface area contributed by atoms with Crippen LogP contribution in [0.2, 0.25) is 0 Å². The molecule has 0 aliphatic rings. The lowest BCUT2D eigenvalue weighted by molar-refractivity contribution is 0.420. The Hall–Kier alpha value is -1.81. The van der Waals surface area contributed by atoms with E-state index in [9.17, 15) is 0 Å². The Morgan fingerprint density at radius 2 is 2.05 bits per heavy atom. The zero-order chi connectivity index (χ0) is 13.2. The molecule has 0 atom stereocenters. The fraction of sp³-hybridized carbons (Fsp3) is 0.267. The molecule has 1 heterocycles. The van der Waals surface area contributed by atoms with Crippen molar-refractivity contribution in [2.75, 3.05) is 19.0 Å². The summed E-state index contributed by atoms with van der Waals surface area (Å²) in [6, 6.07) is 10.3. The van der Waals surface area contributed by atoms with Crippen molar-refractivity contribution < 1.29 is 4.74 Å². The van der Waals surface area contributed by atoms with Crippen LogP contribution in [-0.2, 0) is 0 Å². The maximum atomic E-state index is 5.48. The maximum absolute atomic E-state index is 5.48. The predicted octanol–water partition coefficient (Wildman–Crippen LogP) is 4.28. The topological polar surface area (TPSA) is 34.2 Å². The van der Waals surface area contributed by atoms with E-state index in [4.69, 9.17) is 9.72 Å². The first-order valence-electron chi connectivity index (χ1n) is 6.43. The number of ether oxygens (including phenoxy) is 1. The van der Waals surface area contributed by atoms with E-state index < -0.39 is 0 Å². The van der Waals surface area contributed by atoms with E-state index in [0.29, 0.717) is 0 Å². The van der Waals surface area contributed by atoms with Gasteiger partial charge in [-0.15, -0.1) is 0 Å². The number of fused-ring (bicyclic) bond motifs is 3. The summed E-state index contributed by atoms with van der Waals surface area (Å²) >= 11 is 1.68. The van der Waals surface area contributed by atoms with E-state index in [1.165, 1.54) is 0 Å². The average Bonchev–Trinajstić information content (AvgIpc) is 2.87. The molecule has 0 saturated carbocycles. The van der Waals surface area contributed by atoms with Gasteiger partial charge in [-0.1, -0.05) is 42.5 Å². The highest BCUT2D eigenvalue weighted by molar-refractivity contribution is 7.22. The molecule has 3 rings (SSSR count). The highest BCUT2D eigenvalue weighted by Gasteiger charge is 2.11. The minimum absolute atomic E-state index is 0.911. The van der Waals surface area contributed by atoms with Crippen molar-refractivity contribution in [2.45, 2.75) is 13.3 Å². The van der Waals surface area contributed by atoms with E-state index in [2.05, 4.69) is 30.4 Å². The van der Waals surface area contributed by atoms with Crippen molar-refractivity contribution in [1.82, 2.24) is 4.98 Å². The van der Waals surface area contributed by atoms with Gasteiger partial charge in [0.25, 0.3) is 0 Å². The van der Waals surface area contributed by atoms with Crippen LogP contribution in [0.3, 0.4) is 0 Å². The molecule has 0 unspecified atom stereocenters. The molecule has 19 heavy (non-hydrogen) atoms. The van der Waals surface area contributed by atoms with E-state index in [0.717, 1.165) is 44.8 Å². The minimum Gasteiger partial charge on any atom is -0.496 e. The van der Waals surface area contributed by atoms with Gasteiger partial charge in [0, 0.05) is 23.4 Å². The van der Waals surface area contributed by atoms with Crippen LogP contribution in [0.5, 0.6) is 5.75 Å². The molecule has 0 amide bonds. The third-order valence-corrected chi connectivity index (χ3v) is 4.07. The smallest absolute Gasteiger partial charge is 0.183 e. The van der Waals surface area contributed by atoms with E-state index >= 15 is 0 Å². The summed E-state index contributed by atoms with van der Waals surface area (Å²) in [6.45, 7) is 3.10. The molecule has 0 spiro atoms.